The molecule has 1 aliphatic heterocycles. The first-order valence-electron chi connectivity index (χ1n) is 8.24. The molecule has 1 fully saturated rings. The summed E-state index contributed by atoms with van der Waals surface area (Å²) < 4.78 is 22.8. The Bertz CT molecular complexity index is 648. The van der Waals surface area contributed by atoms with E-state index in [1.807, 2.05) is 0 Å². The number of aliphatic hydroxyl groups excluding tert-OH is 1. The van der Waals surface area contributed by atoms with Crippen LogP contribution in [0.25, 0.3) is 0 Å². The van der Waals surface area contributed by atoms with E-state index in [2.05, 4.69) is 10.2 Å². The molecule has 7 heteroatoms. The van der Waals surface area contributed by atoms with E-state index >= 15 is 0 Å². The molecular formula is C17H26N2O4S. The second kappa shape index (κ2) is 8.09. The molecule has 1 unspecified atom stereocenters. The molecule has 6 nitrogen and oxygen atoms in total. The van der Waals surface area contributed by atoms with Gasteiger partial charge >= 0.3 is 0 Å². The Labute approximate surface area is 143 Å². The van der Waals surface area contributed by atoms with Gasteiger partial charge in [0.05, 0.1) is 11.0 Å². The number of rotatable bonds is 6. The van der Waals surface area contributed by atoms with Crippen LogP contribution in [0.2, 0.25) is 0 Å². The van der Waals surface area contributed by atoms with Crippen LogP contribution in [0.3, 0.4) is 0 Å². The van der Waals surface area contributed by atoms with Gasteiger partial charge in [0.15, 0.2) is 9.84 Å². The number of anilines is 1. The molecule has 1 heterocycles. The number of amides is 1. The average Bonchev–Trinajstić information content (AvgIpc) is 2.48. The molecule has 1 aromatic carbocycles. The molecule has 1 aromatic rings. The highest BCUT2D eigenvalue weighted by Gasteiger charge is 2.22. The number of carbonyl (C=O) groups excluding carboxylic acids is 1. The quantitative estimate of drug-likeness (QED) is 0.809. The Morgan fingerprint density at radius 3 is 2.38 bits per heavy atom. The lowest BCUT2D eigenvalue weighted by atomic mass is 9.93. The lowest BCUT2D eigenvalue weighted by Crippen LogP contribution is -2.38. The van der Waals surface area contributed by atoms with Crippen molar-refractivity contribution in [3.63, 3.8) is 0 Å². The van der Waals surface area contributed by atoms with Crippen LogP contribution >= 0.6 is 0 Å². The van der Waals surface area contributed by atoms with Gasteiger partial charge in [-0.15, -0.1) is 0 Å². The van der Waals surface area contributed by atoms with E-state index in [0.29, 0.717) is 24.6 Å². The summed E-state index contributed by atoms with van der Waals surface area (Å²) in [7, 11) is -3.22. The SMILES string of the molecule is CC(O)CN1CCC(CC(=O)Nc2ccc(S(C)(=O)=O)cc2)CC1. The molecule has 1 atom stereocenters. The van der Waals surface area contributed by atoms with E-state index in [1.165, 1.54) is 12.1 Å². The molecule has 0 aromatic heterocycles. The lowest BCUT2D eigenvalue weighted by molar-refractivity contribution is -0.117. The fourth-order valence-corrected chi connectivity index (χ4v) is 3.64. The smallest absolute Gasteiger partial charge is 0.224 e. The number of carbonyl (C=O) groups is 1. The van der Waals surface area contributed by atoms with Crippen LogP contribution in [0.15, 0.2) is 29.2 Å². The second-order valence-electron chi connectivity index (χ2n) is 6.64. The third kappa shape index (κ3) is 5.89. The number of hydrogen-bond acceptors (Lipinski definition) is 5. The third-order valence-electron chi connectivity index (χ3n) is 4.27. The number of nitrogens with one attached hydrogen (secondary N) is 1. The fourth-order valence-electron chi connectivity index (χ4n) is 3.01. The van der Waals surface area contributed by atoms with E-state index in [-0.39, 0.29) is 16.9 Å². The first-order valence-corrected chi connectivity index (χ1v) is 10.1. The summed E-state index contributed by atoms with van der Waals surface area (Å²) in [5.74, 6) is 0.307. The maximum absolute atomic E-state index is 12.1. The molecule has 0 saturated carbocycles. The molecule has 0 bridgehead atoms. The van der Waals surface area contributed by atoms with Crippen LogP contribution in [-0.4, -0.2) is 56.3 Å². The van der Waals surface area contributed by atoms with Crippen LogP contribution in [0.5, 0.6) is 0 Å². The molecule has 1 saturated heterocycles. The lowest BCUT2D eigenvalue weighted by Gasteiger charge is -2.32. The zero-order valence-corrected chi connectivity index (χ0v) is 15.1. The van der Waals surface area contributed by atoms with Gasteiger partial charge in [-0.2, -0.15) is 0 Å². The van der Waals surface area contributed by atoms with Crippen molar-refractivity contribution in [1.29, 1.82) is 0 Å². The largest absolute Gasteiger partial charge is 0.392 e. The van der Waals surface area contributed by atoms with Crippen LogP contribution in [0.1, 0.15) is 26.2 Å². The topological polar surface area (TPSA) is 86.7 Å². The highest BCUT2D eigenvalue weighted by atomic mass is 32.2. The van der Waals surface area contributed by atoms with Gasteiger partial charge in [0.1, 0.15) is 0 Å². The maximum Gasteiger partial charge on any atom is 0.224 e. The molecule has 2 N–H and O–H groups in total. The highest BCUT2D eigenvalue weighted by Crippen LogP contribution is 2.22. The van der Waals surface area contributed by atoms with Gasteiger partial charge in [-0.1, -0.05) is 0 Å². The summed E-state index contributed by atoms with van der Waals surface area (Å²) in [6.07, 6.45) is 3.21. The molecule has 2 rings (SSSR count). The molecule has 24 heavy (non-hydrogen) atoms. The summed E-state index contributed by atoms with van der Waals surface area (Å²) in [6, 6.07) is 6.22. The Morgan fingerprint density at radius 2 is 1.88 bits per heavy atom. The zero-order valence-electron chi connectivity index (χ0n) is 14.2. The van der Waals surface area contributed by atoms with E-state index in [0.717, 1.165) is 32.2 Å². The second-order valence-corrected chi connectivity index (χ2v) is 8.66. The van der Waals surface area contributed by atoms with Crippen molar-refractivity contribution in [3.8, 4) is 0 Å². The first kappa shape index (κ1) is 18.9. The Hall–Kier alpha value is -1.44. The minimum atomic E-state index is -3.22. The summed E-state index contributed by atoms with van der Waals surface area (Å²) in [4.78, 5) is 14.6. The maximum atomic E-state index is 12.1. The Balaban J connectivity index is 1.80. The highest BCUT2D eigenvalue weighted by molar-refractivity contribution is 7.90. The summed E-state index contributed by atoms with van der Waals surface area (Å²) in [6.45, 7) is 4.29. The predicted molar refractivity (Wildman–Crippen MR) is 93.6 cm³/mol. The van der Waals surface area contributed by atoms with E-state index in [4.69, 9.17) is 0 Å². The van der Waals surface area contributed by atoms with Crippen LogP contribution in [0.4, 0.5) is 5.69 Å². The number of sulfone groups is 1. The van der Waals surface area contributed by atoms with Crippen LogP contribution in [0, 0.1) is 5.92 Å². The molecule has 1 amide bonds. The van der Waals surface area contributed by atoms with E-state index in [9.17, 15) is 18.3 Å². The normalized spacial score (nSPS) is 18.3. The van der Waals surface area contributed by atoms with Gasteiger partial charge in [0, 0.05) is 24.9 Å². The predicted octanol–water partition coefficient (Wildman–Crippen LogP) is 1.51. The fraction of sp³-hybridized carbons (Fsp3) is 0.588. The minimum absolute atomic E-state index is 0.0453. The summed E-state index contributed by atoms with van der Waals surface area (Å²) in [5, 5.41) is 12.2. The van der Waals surface area contributed by atoms with Gasteiger partial charge in [-0.25, -0.2) is 8.42 Å². The summed E-state index contributed by atoms with van der Waals surface area (Å²) in [5.41, 5.74) is 0.610. The molecular weight excluding hydrogens is 328 g/mol. The summed E-state index contributed by atoms with van der Waals surface area (Å²) >= 11 is 0. The first-order chi connectivity index (χ1) is 11.2. The number of β-amino-alcohol motifs (C(OH)–C–C–N with tert-alkyl or cyclic N) is 1. The molecule has 0 aliphatic carbocycles. The van der Waals surface area contributed by atoms with Gasteiger partial charge in [-0.3, -0.25) is 4.79 Å². The molecule has 1 aliphatic rings. The van der Waals surface area contributed by atoms with Crippen molar-refractivity contribution in [2.75, 3.05) is 31.2 Å². The van der Waals surface area contributed by atoms with E-state index < -0.39 is 9.84 Å². The zero-order chi connectivity index (χ0) is 17.7. The van der Waals surface area contributed by atoms with Gasteiger partial charge in [0.25, 0.3) is 0 Å². The standard InChI is InChI=1S/C17H26N2O4S/c1-13(20)12-19-9-7-14(8-10-19)11-17(21)18-15-3-5-16(6-4-15)24(2,22)23/h3-6,13-14,20H,7-12H2,1-2H3,(H,18,21). The van der Waals surface area contributed by atoms with Gasteiger partial charge < -0.3 is 15.3 Å². The van der Waals surface area contributed by atoms with Gasteiger partial charge in [0.2, 0.25) is 5.91 Å². The van der Waals surface area contributed by atoms with Crippen molar-refractivity contribution in [2.45, 2.75) is 37.2 Å². The van der Waals surface area contributed by atoms with Crippen molar-refractivity contribution < 1.29 is 18.3 Å². The Morgan fingerprint density at radius 1 is 1.29 bits per heavy atom. The monoisotopic (exact) mass is 354 g/mol. The van der Waals surface area contributed by atoms with Gasteiger partial charge in [-0.05, 0) is 63.0 Å². The van der Waals surface area contributed by atoms with Crippen LogP contribution in [-0.2, 0) is 14.6 Å². The van der Waals surface area contributed by atoms with Crippen molar-refractivity contribution in [1.82, 2.24) is 4.90 Å². The minimum Gasteiger partial charge on any atom is -0.392 e. The molecule has 134 valence electrons. The van der Waals surface area contributed by atoms with Crippen molar-refractivity contribution in [3.05, 3.63) is 24.3 Å². The Kier molecular flexibility index (Phi) is 6.37. The van der Waals surface area contributed by atoms with E-state index in [1.54, 1.807) is 19.1 Å². The van der Waals surface area contributed by atoms with Crippen molar-refractivity contribution >= 4 is 21.4 Å². The number of likely N-dealkylation sites (tertiary alicyclic amines) is 1. The third-order valence-corrected chi connectivity index (χ3v) is 5.40. The number of benzene rings is 1. The number of nitrogens with zero attached hydrogens (tertiary/aromatic N) is 1. The molecule has 0 spiro atoms. The molecule has 0 radical (unpaired) electrons. The average molecular weight is 354 g/mol. The van der Waals surface area contributed by atoms with Crippen molar-refractivity contribution in [2.24, 2.45) is 5.92 Å². The number of aliphatic hydroxyl groups is 1. The number of piperidine rings is 1. The van der Waals surface area contributed by atoms with Crippen LogP contribution < -0.4 is 5.32 Å². The number of hydrogen-bond donors (Lipinski definition) is 2.